The van der Waals surface area contributed by atoms with Crippen LogP contribution in [0, 0.1) is 5.82 Å². The second kappa shape index (κ2) is 11.3. The predicted octanol–water partition coefficient (Wildman–Crippen LogP) is 3.41. The Morgan fingerprint density at radius 3 is 2.65 bits per heavy atom. The van der Waals surface area contributed by atoms with Gasteiger partial charge in [-0.2, -0.15) is 0 Å². The van der Waals surface area contributed by atoms with Crippen molar-refractivity contribution in [2.24, 2.45) is 0 Å². The number of ether oxygens (including phenoxy) is 3. The Labute approximate surface area is 229 Å². The van der Waals surface area contributed by atoms with Gasteiger partial charge in [-0.15, -0.1) is 5.10 Å². The number of hydrogen-bond acceptors (Lipinski definition) is 7. The van der Waals surface area contributed by atoms with Gasteiger partial charge in [0.1, 0.15) is 37.1 Å². The Kier molecular flexibility index (Phi) is 7.28. The largest absolute Gasteiger partial charge is 0.486 e. The van der Waals surface area contributed by atoms with Crippen LogP contribution >= 0.6 is 0 Å². The highest BCUT2D eigenvalue weighted by Gasteiger charge is 2.36. The van der Waals surface area contributed by atoms with Crippen molar-refractivity contribution in [3.8, 4) is 11.5 Å². The second-order valence-electron chi connectivity index (χ2n) is 9.63. The van der Waals surface area contributed by atoms with E-state index < -0.39 is 23.7 Å². The van der Waals surface area contributed by atoms with E-state index in [-0.39, 0.29) is 24.8 Å². The van der Waals surface area contributed by atoms with Crippen LogP contribution in [0.25, 0.3) is 11.0 Å². The van der Waals surface area contributed by atoms with E-state index in [1.807, 2.05) is 12.1 Å². The third-order valence-corrected chi connectivity index (χ3v) is 7.01. The number of para-hydroxylation sites is 1. The molecule has 0 bridgehead atoms. The predicted molar refractivity (Wildman–Crippen MR) is 144 cm³/mol. The highest BCUT2D eigenvalue weighted by Crippen LogP contribution is 2.37. The van der Waals surface area contributed by atoms with Crippen molar-refractivity contribution in [1.29, 1.82) is 0 Å². The molecule has 6 rings (SSSR count). The molecule has 0 spiro atoms. The molecule has 1 fully saturated rings. The van der Waals surface area contributed by atoms with Crippen molar-refractivity contribution >= 4 is 28.5 Å². The first-order chi connectivity index (χ1) is 19.6. The van der Waals surface area contributed by atoms with Crippen molar-refractivity contribution in [3.63, 3.8) is 0 Å². The van der Waals surface area contributed by atoms with Crippen LogP contribution in [-0.2, 0) is 20.9 Å². The van der Waals surface area contributed by atoms with Gasteiger partial charge in [0.05, 0.1) is 11.6 Å². The summed E-state index contributed by atoms with van der Waals surface area (Å²) in [5.41, 5.74) is 1.68. The molecule has 0 saturated carbocycles. The molecule has 0 unspecified atom stereocenters. The minimum absolute atomic E-state index is 0.0547. The van der Waals surface area contributed by atoms with Crippen LogP contribution in [0.4, 0.5) is 10.1 Å². The summed E-state index contributed by atoms with van der Waals surface area (Å²) in [6.45, 7) is 1.39. The summed E-state index contributed by atoms with van der Waals surface area (Å²) in [5, 5.41) is 11.2. The molecular weight excluding hydrogens is 517 g/mol. The zero-order chi connectivity index (χ0) is 27.5. The standard InChI is InChI=1S/C29H28FN5O5/c30-22-8-2-1-7-21(22)28(29(37)31-17-20-6-5-13-38-20)35(19-11-12-25-26(16-19)40-15-14-39-25)27(36)18-34-24-10-4-3-9-23(24)32-33-34/h1-4,7-12,16,20,28H,5-6,13-15,17-18H2,(H,31,37)/t20-,28+/m1/s1. The molecule has 10 nitrogen and oxygen atoms in total. The lowest BCUT2D eigenvalue weighted by molar-refractivity contribution is -0.127. The average Bonchev–Trinajstić information content (AvgIpc) is 3.65. The maximum absolute atomic E-state index is 15.3. The van der Waals surface area contributed by atoms with Crippen molar-refractivity contribution in [2.45, 2.75) is 31.5 Å². The Hall–Kier alpha value is -4.51. The normalized spacial score (nSPS) is 17.0. The minimum atomic E-state index is -1.33. The fourth-order valence-corrected chi connectivity index (χ4v) is 5.07. The van der Waals surface area contributed by atoms with E-state index >= 15 is 4.39 Å². The molecule has 2 aliphatic rings. The Bertz CT molecular complexity index is 1540. The summed E-state index contributed by atoms with van der Waals surface area (Å²) in [5.74, 6) is -0.684. The average molecular weight is 546 g/mol. The summed E-state index contributed by atoms with van der Waals surface area (Å²) in [7, 11) is 0. The summed E-state index contributed by atoms with van der Waals surface area (Å²) < 4.78 is 33.9. The minimum Gasteiger partial charge on any atom is -0.486 e. The Balaban J connectivity index is 1.42. The molecule has 0 aliphatic carbocycles. The second-order valence-corrected chi connectivity index (χ2v) is 9.63. The van der Waals surface area contributed by atoms with Crippen LogP contribution < -0.4 is 19.7 Å². The van der Waals surface area contributed by atoms with E-state index in [0.717, 1.165) is 12.8 Å². The third-order valence-electron chi connectivity index (χ3n) is 7.01. The molecule has 1 N–H and O–H groups in total. The lowest BCUT2D eigenvalue weighted by atomic mass is 10.0. The van der Waals surface area contributed by atoms with Gasteiger partial charge in [0, 0.05) is 30.5 Å². The van der Waals surface area contributed by atoms with Crippen LogP contribution in [0.1, 0.15) is 24.4 Å². The van der Waals surface area contributed by atoms with Gasteiger partial charge in [-0.1, -0.05) is 35.5 Å². The van der Waals surface area contributed by atoms with E-state index in [9.17, 15) is 9.59 Å². The number of benzene rings is 3. The quantitative estimate of drug-likeness (QED) is 0.362. The van der Waals surface area contributed by atoms with Gasteiger partial charge >= 0.3 is 0 Å². The van der Waals surface area contributed by atoms with Gasteiger partial charge in [0.25, 0.3) is 0 Å². The van der Waals surface area contributed by atoms with Crippen LogP contribution in [0.5, 0.6) is 11.5 Å². The molecule has 2 amide bonds. The first kappa shape index (κ1) is 25.8. The number of hydrogen-bond donors (Lipinski definition) is 1. The van der Waals surface area contributed by atoms with E-state index in [0.29, 0.717) is 48.0 Å². The molecule has 0 radical (unpaired) electrons. The van der Waals surface area contributed by atoms with Crippen molar-refractivity contribution in [3.05, 3.63) is 78.1 Å². The van der Waals surface area contributed by atoms with E-state index in [1.165, 1.54) is 27.8 Å². The lowest BCUT2D eigenvalue weighted by Crippen LogP contribution is -2.47. The molecule has 3 heterocycles. The molecule has 4 aromatic rings. The molecule has 40 heavy (non-hydrogen) atoms. The van der Waals surface area contributed by atoms with E-state index in [1.54, 1.807) is 36.4 Å². The molecule has 11 heteroatoms. The molecule has 206 valence electrons. The Morgan fingerprint density at radius 1 is 1.02 bits per heavy atom. The smallest absolute Gasteiger partial charge is 0.249 e. The number of anilines is 1. The van der Waals surface area contributed by atoms with Crippen molar-refractivity contribution in [1.82, 2.24) is 20.3 Å². The highest BCUT2D eigenvalue weighted by atomic mass is 19.1. The number of carbonyl (C=O) groups excluding carboxylic acids is 2. The van der Waals surface area contributed by atoms with Crippen molar-refractivity contribution in [2.75, 3.05) is 31.3 Å². The van der Waals surface area contributed by atoms with E-state index in [2.05, 4.69) is 15.6 Å². The Morgan fingerprint density at radius 2 is 1.82 bits per heavy atom. The van der Waals surface area contributed by atoms with Gasteiger partial charge in [-0.3, -0.25) is 14.5 Å². The van der Waals surface area contributed by atoms with E-state index in [4.69, 9.17) is 14.2 Å². The molecule has 1 saturated heterocycles. The van der Waals surface area contributed by atoms with Gasteiger partial charge in [-0.05, 0) is 43.2 Å². The number of aromatic nitrogens is 3. The zero-order valence-corrected chi connectivity index (χ0v) is 21.7. The summed E-state index contributed by atoms with van der Waals surface area (Å²) in [6.07, 6.45) is 1.59. The first-order valence-electron chi connectivity index (χ1n) is 13.2. The fraction of sp³-hybridized carbons (Fsp3) is 0.310. The number of fused-ring (bicyclic) bond motifs is 2. The first-order valence-corrected chi connectivity index (χ1v) is 13.2. The van der Waals surface area contributed by atoms with Gasteiger partial charge in [0.2, 0.25) is 11.8 Å². The van der Waals surface area contributed by atoms with Crippen LogP contribution in [-0.4, -0.2) is 59.3 Å². The van der Waals surface area contributed by atoms with Crippen LogP contribution in [0.15, 0.2) is 66.7 Å². The van der Waals surface area contributed by atoms with Crippen molar-refractivity contribution < 1.29 is 28.2 Å². The van der Waals surface area contributed by atoms with Gasteiger partial charge in [0.15, 0.2) is 11.5 Å². The van der Waals surface area contributed by atoms with Crippen LogP contribution in [0.3, 0.4) is 0 Å². The molecular formula is C29H28FN5O5. The maximum Gasteiger partial charge on any atom is 0.249 e. The van der Waals surface area contributed by atoms with Gasteiger partial charge in [-0.25, -0.2) is 9.07 Å². The number of halogens is 1. The molecule has 2 aliphatic heterocycles. The van der Waals surface area contributed by atoms with Gasteiger partial charge < -0.3 is 19.5 Å². The zero-order valence-electron chi connectivity index (χ0n) is 21.7. The number of carbonyl (C=O) groups is 2. The SMILES string of the molecule is O=C(NC[C@H]1CCCO1)[C@H](c1ccccc1F)N(C(=O)Cn1nnc2ccccc21)c1ccc2c(c1)OCCO2. The molecule has 3 aromatic carbocycles. The monoisotopic (exact) mass is 545 g/mol. The summed E-state index contributed by atoms with van der Waals surface area (Å²) in [6, 6.07) is 16.9. The number of nitrogens with zero attached hydrogens (tertiary/aromatic N) is 4. The topological polar surface area (TPSA) is 108 Å². The molecule has 1 aromatic heterocycles. The van der Waals surface area contributed by atoms with Crippen LogP contribution in [0.2, 0.25) is 0 Å². The lowest BCUT2D eigenvalue weighted by Gasteiger charge is -2.32. The summed E-state index contributed by atoms with van der Waals surface area (Å²) in [4.78, 5) is 29.3. The highest BCUT2D eigenvalue weighted by molar-refractivity contribution is 6.01. The maximum atomic E-state index is 15.3. The third kappa shape index (κ3) is 5.20. The summed E-state index contributed by atoms with van der Waals surface area (Å²) >= 11 is 0. The fourth-order valence-electron chi connectivity index (χ4n) is 5.07. The number of amides is 2. The number of rotatable bonds is 8. The molecule has 2 atom stereocenters. The number of nitrogens with one attached hydrogen (secondary N) is 1.